The zero-order chi connectivity index (χ0) is 16.5. The number of carbonyl (C=O) groups is 1. The first-order valence-electron chi connectivity index (χ1n) is 7.75. The van der Waals surface area contributed by atoms with Crippen LogP contribution in [0.2, 0.25) is 5.15 Å². The van der Waals surface area contributed by atoms with Crippen molar-refractivity contribution < 1.29 is 4.79 Å². The molecule has 1 aromatic carbocycles. The molecule has 8 heteroatoms. The van der Waals surface area contributed by atoms with Gasteiger partial charge in [0.1, 0.15) is 5.69 Å². The lowest BCUT2D eigenvalue weighted by Crippen LogP contribution is -2.28. The van der Waals surface area contributed by atoms with Crippen LogP contribution >= 0.6 is 23.4 Å². The van der Waals surface area contributed by atoms with Gasteiger partial charge >= 0.3 is 6.03 Å². The number of nitrogens with zero attached hydrogens (tertiary/aromatic N) is 5. The normalized spacial score (nSPS) is 17.3. The number of fused-ring (bicyclic) bond motifs is 1. The third kappa shape index (κ3) is 2.89. The van der Waals surface area contributed by atoms with Gasteiger partial charge in [0.2, 0.25) is 0 Å². The van der Waals surface area contributed by atoms with Crippen LogP contribution in [0.4, 0.5) is 4.79 Å². The SMILES string of the molecule is O=C1N(Cc2ccccc2)CCN1/N=C/c1c(Cl)nc2n1CCS2. The first-order valence-corrected chi connectivity index (χ1v) is 9.12. The maximum atomic E-state index is 12.5. The topological polar surface area (TPSA) is 53.7 Å². The van der Waals surface area contributed by atoms with E-state index >= 15 is 0 Å². The molecular formula is C16H16ClN5OS. The third-order valence-corrected chi connectivity index (χ3v) is 5.32. The van der Waals surface area contributed by atoms with Gasteiger partial charge in [-0.05, 0) is 5.56 Å². The van der Waals surface area contributed by atoms with E-state index in [1.807, 2.05) is 34.9 Å². The Morgan fingerprint density at radius 3 is 2.92 bits per heavy atom. The minimum Gasteiger partial charge on any atom is -0.317 e. The van der Waals surface area contributed by atoms with Gasteiger partial charge in [0.25, 0.3) is 0 Å². The van der Waals surface area contributed by atoms with Crippen LogP contribution in [0, 0.1) is 0 Å². The molecule has 1 saturated heterocycles. The van der Waals surface area contributed by atoms with Crippen LogP contribution in [0.15, 0.2) is 40.6 Å². The smallest absolute Gasteiger partial charge is 0.317 e. The predicted octanol–water partition coefficient (Wildman–Crippen LogP) is 2.91. The molecular weight excluding hydrogens is 346 g/mol. The van der Waals surface area contributed by atoms with Gasteiger partial charge in [-0.15, -0.1) is 0 Å². The standard InChI is InChI=1S/C16H16ClN5OS/c17-14-13(21-8-9-24-15(21)19-14)10-18-22-7-6-20(16(22)23)11-12-4-2-1-3-5-12/h1-5,10H,6-9,11H2/b18-10+. The van der Waals surface area contributed by atoms with Crippen LogP contribution < -0.4 is 0 Å². The lowest BCUT2D eigenvalue weighted by atomic mass is 10.2. The summed E-state index contributed by atoms with van der Waals surface area (Å²) >= 11 is 7.85. The van der Waals surface area contributed by atoms with Gasteiger partial charge in [0.15, 0.2) is 10.3 Å². The van der Waals surface area contributed by atoms with Crippen LogP contribution in [-0.2, 0) is 13.1 Å². The van der Waals surface area contributed by atoms with Gasteiger partial charge in [0, 0.05) is 25.4 Å². The van der Waals surface area contributed by atoms with E-state index in [2.05, 4.69) is 10.1 Å². The monoisotopic (exact) mass is 361 g/mol. The van der Waals surface area contributed by atoms with Gasteiger partial charge in [0.05, 0.1) is 12.8 Å². The second kappa shape index (κ2) is 6.49. The molecule has 2 aromatic rings. The summed E-state index contributed by atoms with van der Waals surface area (Å²) in [7, 11) is 0. The summed E-state index contributed by atoms with van der Waals surface area (Å²) in [6.07, 6.45) is 1.65. The number of amides is 2. The molecule has 6 nitrogen and oxygen atoms in total. The number of aromatic nitrogens is 2. The summed E-state index contributed by atoms with van der Waals surface area (Å²) in [5.41, 5.74) is 1.89. The largest absolute Gasteiger partial charge is 0.340 e. The zero-order valence-electron chi connectivity index (χ0n) is 12.9. The molecule has 0 saturated carbocycles. The van der Waals surface area contributed by atoms with E-state index in [0.29, 0.717) is 24.8 Å². The molecule has 0 aliphatic carbocycles. The number of hydrogen-bond acceptors (Lipinski definition) is 4. The Bertz CT molecular complexity index is 791. The van der Waals surface area contributed by atoms with Crippen molar-refractivity contribution in [2.45, 2.75) is 18.2 Å². The molecule has 1 aromatic heterocycles. The van der Waals surface area contributed by atoms with Crippen LogP contribution in [0.5, 0.6) is 0 Å². The molecule has 124 valence electrons. The molecule has 0 radical (unpaired) electrons. The second-order valence-electron chi connectivity index (χ2n) is 5.63. The van der Waals surface area contributed by atoms with E-state index in [4.69, 9.17) is 11.6 Å². The second-order valence-corrected chi connectivity index (χ2v) is 7.05. The van der Waals surface area contributed by atoms with Crippen LogP contribution in [0.25, 0.3) is 0 Å². The highest BCUT2D eigenvalue weighted by Crippen LogP contribution is 2.29. The lowest BCUT2D eigenvalue weighted by Gasteiger charge is -2.15. The van der Waals surface area contributed by atoms with E-state index in [-0.39, 0.29) is 6.03 Å². The highest BCUT2D eigenvalue weighted by Gasteiger charge is 2.28. The van der Waals surface area contributed by atoms with E-state index < -0.39 is 0 Å². The number of carbonyl (C=O) groups excluding carboxylic acids is 1. The molecule has 3 heterocycles. The number of urea groups is 1. The Morgan fingerprint density at radius 2 is 2.08 bits per heavy atom. The van der Waals surface area contributed by atoms with Crippen molar-refractivity contribution in [3.05, 3.63) is 46.7 Å². The molecule has 0 unspecified atom stereocenters. The summed E-state index contributed by atoms with van der Waals surface area (Å²) in [6, 6.07) is 9.88. The van der Waals surface area contributed by atoms with Crippen molar-refractivity contribution >= 4 is 35.6 Å². The van der Waals surface area contributed by atoms with Gasteiger partial charge in [-0.2, -0.15) is 5.10 Å². The van der Waals surface area contributed by atoms with Gasteiger partial charge in [-0.1, -0.05) is 53.7 Å². The molecule has 24 heavy (non-hydrogen) atoms. The number of thioether (sulfide) groups is 1. The number of halogens is 1. The first-order chi connectivity index (χ1) is 11.7. The quantitative estimate of drug-likeness (QED) is 0.787. The Kier molecular flexibility index (Phi) is 4.20. The number of imidazole rings is 1. The average Bonchev–Trinajstić information content (AvgIpc) is 3.24. The summed E-state index contributed by atoms with van der Waals surface area (Å²) in [5, 5.41) is 7.18. The fraction of sp³-hybridized carbons (Fsp3) is 0.312. The van der Waals surface area contributed by atoms with Gasteiger partial charge in [-0.25, -0.2) is 14.8 Å². The van der Waals surface area contributed by atoms with Crippen molar-refractivity contribution in [2.75, 3.05) is 18.8 Å². The van der Waals surface area contributed by atoms with Gasteiger partial charge < -0.3 is 9.47 Å². The summed E-state index contributed by atoms with van der Waals surface area (Å²) in [4.78, 5) is 18.6. The lowest BCUT2D eigenvalue weighted by molar-refractivity contribution is 0.192. The molecule has 0 bridgehead atoms. The minimum atomic E-state index is -0.0817. The van der Waals surface area contributed by atoms with E-state index in [9.17, 15) is 4.79 Å². The highest BCUT2D eigenvalue weighted by molar-refractivity contribution is 7.99. The highest BCUT2D eigenvalue weighted by atomic mass is 35.5. The molecule has 1 fully saturated rings. The maximum absolute atomic E-state index is 12.5. The molecule has 2 aliphatic rings. The predicted molar refractivity (Wildman–Crippen MR) is 94.5 cm³/mol. The fourth-order valence-corrected chi connectivity index (χ4v) is 4.08. The number of hydrazone groups is 1. The van der Waals surface area contributed by atoms with Crippen molar-refractivity contribution in [2.24, 2.45) is 5.10 Å². The number of hydrogen-bond donors (Lipinski definition) is 0. The molecule has 0 atom stereocenters. The maximum Gasteiger partial charge on any atom is 0.340 e. The summed E-state index contributed by atoms with van der Waals surface area (Å²) in [5.74, 6) is 0.994. The van der Waals surface area contributed by atoms with Crippen LogP contribution in [0.3, 0.4) is 0 Å². The minimum absolute atomic E-state index is 0.0817. The molecule has 0 N–H and O–H groups in total. The number of benzene rings is 1. The Balaban J connectivity index is 1.46. The van der Waals surface area contributed by atoms with Crippen molar-refractivity contribution in [3.8, 4) is 0 Å². The van der Waals surface area contributed by atoms with Crippen LogP contribution in [-0.4, -0.2) is 50.5 Å². The van der Waals surface area contributed by atoms with Gasteiger partial charge in [-0.3, -0.25) is 0 Å². The van der Waals surface area contributed by atoms with E-state index in [1.165, 1.54) is 5.01 Å². The summed E-state index contributed by atoms with van der Waals surface area (Å²) in [6.45, 7) is 2.72. The third-order valence-electron chi connectivity index (χ3n) is 4.08. The molecule has 2 aliphatic heterocycles. The van der Waals surface area contributed by atoms with E-state index in [1.54, 1.807) is 22.9 Å². The fourth-order valence-electron chi connectivity index (χ4n) is 2.85. The molecule has 0 spiro atoms. The Hall–Kier alpha value is -1.99. The first kappa shape index (κ1) is 15.5. The molecule has 4 rings (SSSR count). The van der Waals surface area contributed by atoms with Crippen molar-refractivity contribution in [1.82, 2.24) is 19.5 Å². The summed E-state index contributed by atoms with van der Waals surface area (Å²) < 4.78 is 2.04. The Labute approximate surface area is 149 Å². The van der Waals surface area contributed by atoms with Crippen molar-refractivity contribution in [1.29, 1.82) is 0 Å². The number of rotatable bonds is 4. The molecule has 2 amide bonds. The zero-order valence-corrected chi connectivity index (χ0v) is 14.5. The van der Waals surface area contributed by atoms with E-state index in [0.717, 1.165) is 28.7 Å². The Morgan fingerprint density at radius 1 is 1.25 bits per heavy atom. The van der Waals surface area contributed by atoms with Crippen molar-refractivity contribution in [3.63, 3.8) is 0 Å². The average molecular weight is 362 g/mol. The van der Waals surface area contributed by atoms with Crippen LogP contribution in [0.1, 0.15) is 11.3 Å².